The zero-order valence-electron chi connectivity index (χ0n) is 13.3. The van der Waals surface area contributed by atoms with Gasteiger partial charge in [-0.3, -0.25) is 14.9 Å². The van der Waals surface area contributed by atoms with Gasteiger partial charge in [-0.15, -0.1) is 0 Å². The summed E-state index contributed by atoms with van der Waals surface area (Å²) >= 11 is 0. The third-order valence-corrected chi connectivity index (χ3v) is 3.90. The van der Waals surface area contributed by atoms with E-state index in [-0.39, 0.29) is 17.6 Å². The van der Waals surface area contributed by atoms with E-state index in [0.29, 0.717) is 24.5 Å². The Hall–Kier alpha value is -2.74. The van der Waals surface area contributed by atoms with Gasteiger partial charge in [0.05, 0.1) is 17.2 Å². The number of rotatable bonds is 7. The smallest absolute Gasteiger partial charge is 0.274 e. The van der Waals surface area contributed by atoms with E-state index in [0.717, 1.165) is 12.8 Å². The maximum Gasteiger partial charge on any atom is 0.274 e. The standard InChI is InChI=1S/C16H18N4O4/c1-24-10-9-18(12-5-6-12)16(21)15-7-8-19(17-15)13-3-2-4-14(11-13)20(22)23/h2-4,7-8,11-12H,5-6,9-10H2,1H3. The first-order valence-corrected chi connectivity index (χ1v) is 7.70. The molecule has 0 saturated heterocycles. The van der Waals surface area contributed by atoms with Gasteiger partial charge in [-0.2, -0.15) is 5.10 Å². The molecule has 0 radical (unpaired) electrons. The number of methoxy groups -OCH3 is 1. The first-order valence-electron chi connectivity index (χ1n) is 7.70. The van der Waals surface area contributed by atoms with Gasteiger partial charge in [0.2, 0.25) is 0 Å². The number of amides is 1. The second-order valence-corrected chi connectivity index (χ2v) is 5.65. The first-order chi connectivity index (χ1) is 11.6. The maximum absolute atomic E-state index is 12.6. The number of nitro benzene ring substituents is 1. The Morgan fingerprint density at radius 2 is 2.25 bits per heavy atom. The number of hydrogen-bond acceptors (Lipinski definition) is 5. The van der Waals surface area contributed by atoms with Gasteiger partial charge in [0, 0.05) is 38.0 Å². The van der Waals surface area contributed by atoms with Crippen molar-refractivity contribution in [3.8, 4) is 5.69 Å². The summed E-state index contributed by atoms with van der Waals surface area (Å²) in [5, 5.41) is 15.2. The van der Waals surface area contributed by atoms with Gasteiger partial charge in [0.1, 0.15) is 0 Å². The van der Waals surface area contributed by atoms with Gasteiger partial charge in [0.15, 0.2) is 5.69 Å². The fourth-order valence-corrected chi connectivity index (χ4v) is 2.50. The third-order valence-electron chi connectivity index (χ3n) is 3.90. The molecule has 3 rings (SSSR count). The molecule has 8 heteroatoms. The molecule has 2 aromatic rings. The average Bonchev–Trinajstić information content (AvgIpc) is 3.30. The van der Waals surface area contributed by atoms with Crippen molar-refractivity contribution in [1.82, 2.24) is 14.7 Å². The number of carbonyl (C=O) groups is 1. The van der Waals surface area contributed by atoms with E-state index in [1.165, 1.54) is 16.8 Å². The number of ether oxygens (including phenoxy) is 1. The summed E-state index contributed by atoms with van der Waals surface area (Å²) in [6.45, 7) is 1.01. The zero-order chi connectivity index (χ0) is 17.1. The van der Waals surface area contributed by atoms with E-state index in [1.807, 2.05) is 0 Å². The van der Waals surface area contributed by atoms with Crippen molar-refractivity contribution in [2.75, 3.05) is 20.3 Å². The predicted molar refractivity (Wildman–Crippen MR) is 86.2 cm³/mol. The van der Waals surface area contributed by atoms with E-state index in [9.17, 15) is 14.9 Å². The summed E-state index contributed by atoms with van der Waals surface area (Å²) in [5.41, 5.74) is 0.846. The lowest BCUT2D eigenvalue weighted by molar-refractivity contribution is -0.384. The second kappa shape index (κ2) is 6.79. The Morgan fingerprint density at radius 3 is 2.92 bits per heavy atom. The Kier molecular flexibility index (Phi) is 4.57. The monoisotopic (exact) mass is 330 g/mol. The van der Waals surface area contributed by atoms with Crippen molar-refractivity contribution in [2.24, 2.45) is 0 Å². The molecule has 1 aliphatic rings. The molecule has 24 heavy (non-hydrogen) atoms. The van der Waals surface area contributed by atoms with Crippen LogP contribution in [0.2, 0.25) is 0 Å². The molecule has 1 aromatic carbocycles. The summed E-state index contributed by atoms with van der Waals surface area (Å²) < 4.78 is 6.54. The molecular formula is C16H18N4O4. The van der Waals surface area contributed by atoms with E-state index in [1.54, 1.807) is 36.4 Å². The SMILES string of the molecule is COCCN(C(=O)c1ccn(-c2cccc([N+](=O)[O-])c2)n1)C1CC1. The van der Waals surface area contributed by atoms with E-state index in [4.69, 9.17) is 4.74 Å². The highest BCUT2D eigenvalue weighted by molar-refractivity contribution is 5.92. The number of benzene rings is 1. The summed E-state index contributed by atoms with van der Waals surface area (Å²) in [4.78, 5) is 24.8. The van der Waals surface area contributed by atoms with E-state index in [2.05, 4.69) is 5.10 Å². The van der Waals surface area contributed by atoms with Gasteiger partial charge < -0.3 is 9.64 Å². The quantitative estimate of drug-likeness (QED) is 0.572. The third kappa shape index (κ3) is 3.43. The van der Waals surface area contributed by atoms with Crippen LogP contribution in [0.4, 0.5) is 5.69 Å². The highest BCUT2D eigenvalue weighted by Gasteiger charge is 2.33. The minimum Gasteiger partial charge on any atom is -0.383 e. The summed E-state index contributed by atoms with van der Waals surface area (Å²) in [7, 11) is 1.60. The van der Waals surface area contributed by atoms with Crippen molar-refractivity contribution in [3.05, 3.63) is 52.3 Å². The summed E-state index contributed by atoms with van der Waals surface area (Å²) in [6, 6.07) is 8.02. The Labute approximate surface area is 138 Å². The molecule has 0 spiro atoms. The van der Waals surface area contributed by atoms with Crippen molar-refractivity contribution < 1.29 is 14.5 Å². The van der Waals surface area contributed by atoms with Crippen LogP contribution in [0, 0.1) is 10.1 Å². The van der Waals surface area contributed by atoms with E-state index >= 15 is 0 Å². The zero-order valence-corrected chi connectivity index (χ0v) is 13.3. The molecule has 0 bridgehead atoms. The molecule has 126 valence electrons. The predicted octanol–water partition coefficient (Wildman–Crippen LogP) is 2.03. The van der Waals surface area contributed by atoms with Crippen molar-refractivity contribution >= 4 is 11.6 Å². The summed E-state index contributed by atoms with van der Waals surface area (Å²) in [6.07, 6.45) is 3.63. The van der Waals surface area contributed by atoms with Gasteiger partial charge in [0.25, 0.3) is 11.6 Å². The lowest BCUT2D eigenvalue weighted by Gasteiger charge is -2.20. The van der Waals surface area contributed by atoms with Crippen molar-refractivity contribution in [3.63, 3.8) is 0 Å². The fourth-order valence-electron chi connectivity index (χ4n) is 2.50. The molecule has 0 atom stereocenters. The van der Waals surface area contributed by atoms with Crippen LogP contribution in [-0.2, 0) is 4.74 Å². The molecule has 0 aliphatic heterocycles. The molecule has 1 saturated carbocycles. The van der Waals surface area contributed by atoms with Crippen LogP contribution in [0.3, 0.4) is 0 Å². The summed E-state index contributed by atoms with van der Waals surface area (Å²) in [5.74, 6) is -0.140. The molecule has 8 nitrogen and oxygen atoms in total. The van der Waals surface area contributed by atoms with Crippen LogP contribution in [0.15, 0.2) is 36.5 Å². The number of nitro groups is 1. The fraction of sp³-hybridized carbons (Fsp3) is 0.375. The lowest BCUT2D eigenvalue weighted by Crippen LogP contribution is -2.36. The maximum atomic E-state index is 12.6. The molecule has 1 heterocycles. The number of nitrogens with zero attached hydrogens (tertiary/aromatic N) is 4. The van der Waals surface area contributed by atoms with Crippen molar-refractivity contribution in [1.29, 1.82) is 0 Å². The molecule has 1 aliphatic carbocycles. The first kappa shape index (κ1) is 16.1. The lowest BCUT2D eigenvalue weighted by atomic mass is 10.3. The topological polar surface area (TPSA) is 90.5 Å². The van der Waals surface area contributed by atoms with Gasteiger partial charge in [-0.05, 0) is 25.0 Å². The van der Waals surface area contributed by atoms with Crippen molar-refractivity contribution in [2.45, 2.75) is 18.9 Å². The van der Waals surface area contributed by atoms with Crippen LogP contribution in [0.1, 0.15) is 23.3 Å². The molecule has 1 amide bonds. The second-order valence-electron chi connectivity index (χ2n) is 5.65. The molecule has 1 fully saturated rings. The van der Waals surface area contributed by atoms with Crippen LogP contribution >= 0.6 is 0 Å². The van der Waals surface area contributed by atoms with Crippen LogP contribution in [0.25, 0.3) is 5.69 Å². The van der Waals surface area contributed by atoms with Gasteiger partial charge in [-0.1, -0.05) is 6.07 Å². The van der Waals surface area contributed by atoms with Crippen LogP contribution in [0.5, 0.6) is 0 Å². The minimum atomic E-state index is -0.460. The Bertz CT molecular complexity index is 754. The Morgan fingerprint density at radius 1 is 1.46 bits per heavy atom. The van der Waals surface area contributed by atoms with Gasteiger partial charge in [-0.25, -0.2) is 4.68 Å². The van der Waals surface area contributed by atoms with E-state index < -0.39 is 4.92 Å². The van der Waals surface area contributed by atoms with Gasteiger partial charge >= 0.3 is 0 Å². The molecule has 1 aromatic heterocycles. The molecule has 0 N–H and O–H groups in total. The average molecular weight is 330 g/mol. The highest BCUT2D eigenvalue weighted by atomic mass is 16.6. The Balaban J connectivity index is 1.80. The number of non-ortho nitro benzene ring substituents is 1. The molecule has 0 unspecified atom stereocenters. The minimum absolute atomic E-state index is 0.0180. The molecular weight excluding hydrogens is 312 g/mol. The normalized spacial score (nSPS) is 13.7. The number of carbonyl (C=O) groups excluding carboxylic acids is 1. The highest BCUT2D eigenvalue weighted by Crippen LogP contribution is 2.28. The number of aromatic nitrogens is 2. The van der Waals surface area contributed by atoms with Crippen LogP contribution in [-0.4, -0.2) is 51.8 Å². The number of hydrogen-bond donors (Lipinski definition) is 0. The van der Waals surface area contributed by atoms with Crippen LogP contribution < -0.4 is 0 Å². The largest absolute Gasteiger partial charge is 0.383 e.